The number of furan rings is 1. The minimum atomic E-state index is 0.333. The normalized spacial score (nSPS) is 9.70. The Hall–Kier alpha value is -1.09. The number of carbonyl (C=O) groups is 1. The standard InChI is InChI=1S/C7H9NO2/c8-5-7-2-1-6(10-7)3-4-9/h1-2,4H,3,5,8H2. The number of nitrogens with two attached hydrogens (primary N) is 1. The van der Waals surface area contributed by atoms with Crippen LogP contribution in [0, 0.1) is 0 Å². The molecule has 0 aliphatic carbocycles. The van der Waals surface area contributed by atoms with E-state index in [0.717, 1.165) is 12.0 Å². The molecule has 10 heavy (non-hydrogen) atoms. The van der Waals surface area contributed by atoms with Crippen LogP contribution in [0.1, 0.15) is 11.5 Å². The maximum absolute atomic E-state index is 9.98. The smallest absolute Gasteiger partial charge is 0.127 e. The van der Waals surface area contributed by atoms with Gasteiger partial charge in [-0.15, -0.1) is 0 Å². The number of aldehydes is 1. The highest BCUT2D eigenvalue weighted by atomic mass is 16.3. The third kappa shape index (κ3) is 1.45. The molecule has 54 valence electrons. The molecular formula is C7H9NO2. The molecule has 0 aromatic carbocycles. The maximum atomic E-state index is 9.98. The van der Waals surface area contributed by atoms with Gasteiger partial charge < -0.3 is 14.9 Å². The van der Waals surface area contributed by atoms with E-state index in [0.29, 0.717) is 18.7 Å². The molecule has 0 saturated carbocycles. The summed E-state index contributed by atoms with van der Waals surface area (Å²) in [7, 11) is 0. The van der Waals surface area contributed by atoms with Gasteiger partial charge in [0, 0.05) is 0 Å². The minimum absolute atomic E-state index is 0.333. The topological polar surface area (TPSA) is 56.2 Å². The molecule has 0 bridgehead atoms. The van der Waals surface area contributed by atoms with Gasteiger partial charge in [-0.05, 0) is 12.1 Å². The molecule has 0 amide bonds. The third-order valence-electron chi connectivity index (χ3n) is 1.20. The quantitative estimate of drug-likeness (QED) is 0.619. The van der Waals surface area contributed by atoms with Crippen LogP contribution in [-0.2, 0) is 17.8 Å². The second-order valence-electron chi connectivity index (χ2n) is 1.94. The van der Waals surface area contributed by atoms with Gasteiger partial charge in [-0.25, -0.2) is 0 Å². The van der Waals surface area contributed by atoms with Gasteiger partial charge in [-0.1, -0.05) is 0 Å². The van der Waals surface area contributed by atoms with Crippen molar-refractivity contribution in [3.05, 3.63) is 23.7 Å². The number of rotatable bonds is 3. The van der Waals surface area contributed by atoms with Crippen LogP contribution < -0.4 is 5.73 Å². The summed E-state index contributed by atoms with van der Waals surface area (Å²) in [6.07, 6.45) is 1.14. The van der Waals surface area contributed by atoms with Gasteiger partial charge in [0.1, 0.15) is 17.8 Å². The summed E-state index contributed by atoms with van der Waals surface area (Å²) in [5.41, 5.74) is 5.28. The molecule has 0 spiro atoms. The summed E-state index contributed by atoms with van der Waals surface area (Å²) in [4.78, 5) is 9.98. The lowest BCUT2D eigenvalue weighted by Crippen LogP contribution is -1.92. The fraction of sp³-hybridized carbons (Fsp3) is 0.286. The van der Waals surface area contributed by atoms with Crippen molar-refractivity contribution in [2.24, 2.45) is 5.73 Å². The molecule has 1 aromatic heterocycles. The Balaban J connectivity index is 2.67. The Morgan fingerprint density at radius 2 is 2.20 bits per heavy atom. The van der Waals surface area contributed by atoms with Crippen LogP contribution in [0.2, 0.25) is 0 Å². The fourth-order valence-corrected chi connectivity index (χ4v) is 0.724. The van der Waals surface area contributed by atoms with E-state index in [1.54, 1.807) is 12.1 Å². The van der Waals surface area contributed by atoms with Gasteiger partial charge in [-0.2, -0.15) is 0 Å². The van der Waals surface area contributed by atoms with Crippen LogP contribution in [0.25, 0.3) is 0 Å². The molecule has 2 N–H and O–H groups in total. The van der Waals surface area contributed by atoms with Crippen molar-refractivity contribution in [2.75, 3.05) is 0 Å². The van der Waals surface area contributed by atoms with Crippen LogP contribution in [0.3, 0.4) is 0 Å². The van der Waals surface area contributed by atoms with Crippen LogP contribution in [-0.4, -0.2) is 6.29 Å². The highest BCUT2D eigenvalue weighted by molar-refractivity contribution is 5.53. The molecule has 3 nitrogen and oxygen atoms in total. The van der Waals surface area contributed by atoms with Crippen molar-refractivity contribution in [2.45, 2.75) is 13.0 Å². The van der Waals surface area contributed by atoms with Gasteiger partial charge in [0.25, 0.3) is 0 Å². The van der Waals surface area contributed by atoms with Gasteiger partial charge in [0.05, 0.1) is 13.0 Å². The maximum Gasteiger partial charge on any atom is 0.127 e. The van der Waals surface area contributed by atoms with E-state index in [9.17, 15) is 4.79 Å². The van der Waals surface area contributed by atoms with Crippen LogP contribution >= 0.6 is 0 Å². The average molecular weight is 139 g/mol. The highest BCUT2D eigenvalue weighted by Gasteiger charge is 1.97. The number of carbonyl (C=O) groups excluding carboxylic acids is 1. The molecule has 0 radical (unpaired) electrons. The predicted molar refractivity (Wildman–Crippen MR) is 36.4 cm³/mol. The summed E-state index contributed by atoms with van der Waals surface area (Å²) in [6, 6.07) is 3.54. The number of hydrogen-bond donors (Lipinski definition) is 1. The zero-order valence-electron chi connectivity index (χ0n) is 5.54. The first-order chi connectivity index (χ1) is 4.86. The Bertz CT molecular complexity index is 217. The van der Waals surface area contributed by atoms with Crippen LogP contribution in [0.15, 0.2) is 16.5 Å². The molecule has 3 heteroatoms. The first-order valence-corrected chi connectivity index (χ1v) is 3.08. The molecule has 0 aliphatic heterocycles. The van der Waals surface area contributed by atoms with E-state index in [-0.39, 0.29) is 0 Å². The SMILES string of the molecule is NCc1ccc(CC=O)o1. The Kier molecular flexibility index (Phi) is 2.23. The lowest BCUT2D eigenvalue weighted by atomic mass is 10.3. The zero-order valence-corrected chi connectivity index (χ0v) is 5.54. The molecule has 0 atom stereocenters. The van der Waals surface area contributed by atoms with Crippen molar-refractivity contribution in [3.8, 4) is 0 Å². The molecule has 0 aliphatic rings. The third-order valence-corrected chi connectivity index (χ3v) is 1.20. The van der Waals surface area contributed by atoms with E-state index >= 15 is 0 Å². The monoisotopic (exact) mass is 139 g/mol. The second-order valence-corrected chi connectivity index (χ2v) is 1.94. The Morgan fingerprint density at radius 3 is 2.70 bits per heavy atom. The average Bonchev–Trinajstić information content (AvgIpc) is 2.37. The van der Waals surface area contributed by atoms with E-state index in [2.05, 4.69) is 0 Å². The summed E-state index contributed by atoms with van der Waals surface area (Å²) in [5, 5.41) is 0. The minimum Gasteiger partial charge on any atom is -0.464 e. The largest absolute Gasteiger partial charge is 0.464 e. The molecule has 1 heterocycles. The highest BCUT2D eigenvalue weighted by Crippen LogP contribution is 2.05. The molecule has 0 unspecified atom stereocenters. The van der Waals surface area contributed by atoms with E-state index < -0.39 is 0 Å². The molecule has 0 saturated heterocycles. The van der Waals surface area contributed by atoms with Crippen molar-refractivity contribution in [1.82, 2.24) is 0 Å². The summed E-state index contributed by atoms with van der Waals surface area (Å²) in [6.45, 7) is 0.388. The van der Waals surface area contributed by atoms with Crippen LogP contribution in [0.5, 0.6) is 0 Å². The lowest BCUT2D eigenvalue weighted by Gasteiger charge is -1.86. The first kappa shape index (κ1) is 7.02. The summed E-state index contributed by atoms with van der Waals surface area (Å²) in [5.74, 6) is 1.40. The van der Waals surface area contributed by atoms with Gasteiger partial charge in [-0.3, -0.25) is 0 Å². The molecule has 1 rings (SSSR count). The van der Waals surface area contributed by atoms with Gasteiger partial charge in [0.2, 0.25) is 0 Å². The summed E-state index contributed by atoms with van der Waals surface area (Å²) < 4.78 is 5.12. The molecule has 0 fully saturated rings. The Morgan fingerprint density at radius 1 is 1.50 bits per heavy atom. The van der Waals surface area contributed by atoms with E-state index in [4.69, 9.17) is 10.2 Å². The number of hydrogen-bond acceptors (Lipinski definition) is 3. The molecular weight excluding hydrogens is 130 g/mol. The first-order valence-electron chi connectivity index (χ1n) is 3.08. The van der Waals surface area contributed by atoms with E-state index in [1.165, 1.54) is 0 Å². The fourth-order valence-electron chi connectivity index (χ4n) is 0.724. The van der Waals surface area contributed by atoms with Crippen LogP contribution in [0.4, 0.5) is 0 Å². The predicted octanol–water partition coefficient (Wildman–Crippen LogP) is 0.480. The zero-order chi connectivity index (χ0) is 7.40. The summed E-state index contributed by atoms with van der Waals surface area (Å²) >= 11 is 0. The van der Waals surface area contributed by atoms with Crippen molar-refractivity contribution in [1.29, 1.82) is 0 Å². The van der Waals surface area contributed by atoms with Crippen molar-refractivity contribution >= 4 is 6.29 Å². The van der Waals surface area contributed by atoms with Gasteiger partial charge >= 0.3 is 0 Å². The second kappa shape index (κ2) is 3.17. The lowest BCUT2D eigenvalue weighted by molar-refractivity contribution is -0.107. The van der Waals surface area contributed by atoms with Gasteiger partial charge in [0.15, 0.2) is 0 Å². The van der Waals surface area contributed by atoms with Crippen molar-refractivity contribution < 1.29 is 9.21 Å². The van der Waals surface area contributed by atoms with E-state index in [1.807, 2.05) is 0 Å². The van der Waals surface area contributed by atoms with Crippen molar-refractivity contribution in [3.63, 3.8) is 0 Å². The Labute approximate surface area is 58.8 Å². The molecule has 1 aromatic rings.